The molecule has 6 nitrogen and oxygen atoms in total. The van der Waals surface area contributed by atoms with Crippen molar-refractivity contribution in [2.24, 2.45) is 5.92 Å². The minimum Gasteiger partial charge on any atom is -0.406 e. The number of ether oxygens (including phenoxy) is 1. The highest BCUT2D eigenvalue weighted by Crippen LogP contribution is 2.33. The molecule has 0 bridgehead atoms. The average Bonchev–Trinajstić information content (AvgIpc) is 3.20. The molecule has 0 aliphatic carbocycles. The molecule has 0 unspecified atom stereocenters. The zero-order valence-corrected chi connectivity index (χ0v) is 18.2. The van der Waals surface area contributed by atoms with Gasteiger partial charge in [0, 0.05) is 48.5 Å². The fraction of sp³-hybridized carbons (Fsp3) is 0.292. The molecule has 1 N–H and O–H groups in total. The van der Waals surface area contributed by atoms with Gasteiger partial charge in [-0.05, 0) is 61.2 Å². The predicted octanol–water partition coefficient (Wildman–Crippen LogP) is 5.45. The van der Waals surface area contributed by atoms with E-state index in [2.05, 4.69) is 31.8 Å². The lowest BCUT2D eigenvalue weighted by atomic mass is 10.0. The van der Waals surface area contributed by atoms with Gasteiger partial charge in [-0.3, -0.25) is 9.78 Å². The van der Waals surface area contributed by atoms with Crippen molar-refractivity contribution in [1.82, 2.24) is 9.97 Å². The second kappa shape index (κ2) is 9.09. The standard InChI is InChI=1S/C24H23F3N4O2/c1-15-7-8-31(14-15)22-21(17-9-16(2)11-28-12-17)10-18(13-29-22)23(32)30-19-3-5-20(6-4-19)33-24(25,26)27/h3-6,9-13,15H,7-8,14H2,1-2H3,(H,30,32)/t15-/m1/s1. The molecule has 172 valence electrons. The first-order valence-corrected chi connectivity index (χ1v) is 10.5. The quantitative estimate of drug-likeness (QED) is 0.553. The van der Waals surface area contributed by atoms with Gasteiger partial charge in [0.05, 0.1) is 5.56 Å². The third kappa shape index (κ3) is 5.60. The van der Waals surface area contributed by atoms with Crippen LogP contribution in [0.3, 0.4) is 0 Å². The van der Waals surface area contributed by atoms with Crippen molar-refractivity contribution in [2.45, 2.75) is 26.6 Å². The van der Waals surface area contributed by atoms with Crippen LogP contribution in [-0.2, 0) is 0 Å². The second-order valence-electron chi connectivity index (χ2n) is 8.21. The molecule has 33 heavy (non-hydrogen) atoms. The molecule has 3 aromatic rings. The lowest BCUT2D eigenvalue weighted by molar-refractivity contribution is -0.274. The normalized spacial score (nSPS) is 16.0. The van der Waals surface area contributed by atoms with Crippen LogP contribution in [0.2, 0.25) is 0 Å². The summed E-state index contributed by atoms with van der Waals surface area (Å²) in [6.45, 7) is 5.92. The summed E-state index contributed by atoms with van der Waals surface area (Å²) in [5.41, 5.74) is 3.33. The van der Waals surface area contributed by atoms with Gasteiger partial charge < -0.3 is 15.0 Å². The van der Waals surface area contributed by atoms with E-state index in [1.807, 2.05) is 13.0 Å². The number of aryl methyl sites for hydroxylation is 1. The van der Waals surface area contributed by atoms with E-state index in [0.29, 0.717) is 17.2 Å². The number of aromatic nitrogens is 2. The smallest absolute Gasteiger partial charge is 0.406 e. The summed E-state index contributed by atoms with van der Waals surface area (Å²) >= 11 is 0. The molecule has 1 saturated heterocycles. The highest BCUT2D eigenvalue weighted by molar-refractivity contribution is 6.05. The van der Waals surface area contributed by atoms with Crippen LogP contribution in [0.25, 0.3) is 11.1 Å². The summed E-state index contributed by atoms with van der Waals surface area (Å²) in [4.78, 5) is 24.0. The summed E-state index contributed by atoms with van der Waals surface area (Å²) in [6.07, 6.45) is 1.32. The fourth-order valence-corrected chi connectivity index (χ4v) is 3.82. The molecule has 4 rings (SSSR count). The third-order valence-corrected chi connectivity index (χ3v) is 5.38. The number of benzene rings is 1. The Morgan fingerprint density at radius 1 is 1.15 bits per heavy atom. The topological polar surface area (TPSA) is 67.3 Å². The average molecular weight is 456 g/mol. The van der Waals surface area contributed by atoms with Crippen LogP contribution in [0.5, 0.6) is 5.75 Å². The van der Waals surface area contributed by atoms with Crippen molar-refractivity contribution in [3.63, 3.8) is 0 Å². The molecule has 0 radical (unpaired) electrons. The van der Waals surface area contributed by atoms with Crippen LogP contribution in [0.15, 0.2) is 55.0 Å². The van der Waals surface area contributed by atoms with E-state index in [1.54, 1.807) is 18.5 Å². The van der Waals surface area contributed by atoms with E-state index in [4.69, 9.17) is 0 Å². The van der Waals surface area contributed by atoms with E-state index in [0.717, 1.165) is 54.2 Å². The Balaban J connectivity index is 1.60. The van der Waals surface area contributed by atoms with Crippen LogP contribution in [0, 0.1) is 12.8 Å². The Morgan fingerprint density at radius 2 is 1.91 bits per heavy atom. The van der Waals surface area contributed by atoms with Gasteiger partial charge in [-0.15, -0.1) is 13.2 Å². The second-order valence-corrected chi connectivity index (χ2v) is 8.21. The number of amides is 1. The highest BCUT2D eigenvalue weighted by atomic mass is 19.4. The Morgan fingerprint density at radius 3 is 2.55 bits per heavy atom. The first-order chi connectivity index (χ1) is 15.7. The van der Waals surface area contributed by atoms with Gasteiger partial charge in [-0.2, -0.15) is 0 Å². The Hall–Kier alpha value is -3.62. The molecule has 1 aromatic carbocycles. The molecule has 1 atom stereocenters. The van der Waals surface area contributed by atoms with E-state index in [9.17, 15) is 18.0 Å². The molecule has 1 amide bonds. The van der Waals surface area contributed by atoms with Gasteiger partial charge in [-0.1, -0.05) is 6.92 Å². The first kappa shape index (κ1) is 22.6. The number of nitrogens with one attached hydrogen (secondary N) is 1. The summed E-state index contributed by atoms with van der Waals surface area (Å²) in [5.74, 6) is 0.579. The zero-order chi connectivity index (χ0) is 23.6. The number of rotatable bonds is 5. The lowest BCUT2D eigenvalue weighted by Gasteiger charge is -2.21. The number of hydrogen-bond donors (Lipinski definition) is 1. The number of alkyl halides is 3. The molecular weight excluding hydrogens is 433 g/mol. The van der Waals surface area contributed by atoms with Gasteiger partial charge in [0.25, 0.3) is 5.91 Å². The minimum atomic E-state index is -4.77. The van der Waals surface area contributed by atoms with Crippen LogP contribution in [0.4, 0.5) is 24.7 Å². The minimum absolute atomic E-state index is 0.332. The molecular formula is C24H23F3N4O2. The van der Waals surface area contributed by atoms with Crippen molar-refractivity contribution in [2.75, 3.05) is 23.3 Å². The highest BCUT2D eigenvalue weighted by Gasteiger charge is 2.31. The number of hydrogen-bond acceptors (Lipinski definition) is 5. The van der Waals surface area contributed by atoms with E-state index in [1.165, 1.54) is 18.3 Å². The molecule has 0 spiro atoms. The van der Waals surface area contributed by atoms with Crippen LogP contribution >= 0.6 is 0 Å². The van der Waals surface area contributed by atoms with Gasteiger partial charge >= 0.3 is 6.36 Å². The summed E-state index contributed by atoms with van der Waals surface area (Å²) in [5, 5.41) is 2.69. The van der Waals surface area contributed by atoms with Gasteiger partial charge in [0.15, 0.2) is 0 Å². The molecule has 1 aliphatic heterocycles. The lowest BCUT2D eigenvalue weighted by Crippen LogP contribution is -2.22. The molecule has 9 heteroatoms. The number of nitrogens with zero attached hydrogens (tertiary/aromatic N) is 3. The molecule has 1 fully saturated rings. The Bertz CT molecular complexity index is 1150. The molecule has 3 heterocycles. The van der Waals surface area contributed by atoms with Crippen LogP contribution in [0.1, 0.15) is 29.3 Å². The maximum Gasteiger partial charge on any atom is 0.573 e. The van der Waals surface area contributed by atoms with Crippen molar-refractivity contribution < 1.29 is 22.7 Å². The summed E-state index contributed by atoms with van der Waals surface area (Å²) in [6, 6.07) is 8.74. The monoisotopic (exact) mass is 456 g/mol. The SMILES string of the molecule is Cc1cncc(-c2cc(C(=O)Nc3ccc(OC(F)(F)F)cc3)cnc2N2CC[C@@H](C)C2)c1. The number of carbonyl (C=O) groups is 1. The van der Waals surface area contributed by atoms with Gasteiger partial charge in [-0.25, -0.2) is 4.98 Å². The first-order valence-electron chi connectivity index (χ1n) is 10.5. The number of halogens is 3. The summed E-state index contributed by atoms with van der Waals surface area (Å²) < 4.78 is 40.9. The largest absolute Gasteiger partial charge is 0.573 e. The van der Waals surface area contributed by atoms with Crippen molar-refractivity contribution in [3.05, 3.63) is 66.1 Å². The van der Waals surface area contributed by atoms with E-state index >= 15 is 0 Å². The third-order valence-electron chi connectivity index (χ3n) is 5.38. The maximum atomic E-state index is 12.9. The van der Waals surface area contributed by atoms with Crippen molar-refractivity contribution >= 4 is 17.4 Å². The zero-order valence-electron chi connectivity index (χ0n) is 18.2. The van der Waals surface area contributed by atoms with Crippen LogP contribution in [-0.4, -0.2) is 35.3 Å². The van der Waals surface area contributed by atoms with Gasteiger partial charge in [0.1, 0.15) is 11.6 Å². The van der Waals surface area contributed by atoms with Crippen LogP contribution < -0.4 is 15.0 Å². The fourth-order valence-electron chi connectivity index (χ4n) is 3.82. The van der Waals surface area contributed by atoms with Crippen molar-refractivity contribution in [3.8, 4) is 16.9 Å². The number of carbonyl (C=O) groups excluding carboxylic acids is 1. The van der Waals surface area contributed by atoms with E-state index < -0.39 is 12.3 Å². The Kier molecular flexibility index (Phi) is 6.22. The molecule has 1 aliphatic rings. The molecule has 2 aromatic heterocycles. The predicted molar refractivity (Wildman–Crippen MR) is 119 cm³/mol. The number of anilines is 2. The van der Waals surface area contributed by atoms with E-state index in [-0.39, 0.29) is 5.75 Å². The number of pyridine rings is 2. The maximum absolute atomic E-state index is 12.9. The molecule has 0 saturated carbocycles. The van der Waals surface area contributed by atoms with Crippen molar-refractivity contribution in [1.29, 1.82) is 0 Å². The summed E-state index contributed by atoms with van der Waals surface area (Å²) in [7, 11) is 0. The van der Waals surface area contributed by atoms with Gasteiger partial charge in [0.2, 0.25) is 0 Å². The Labute approximate surface area is 189 Å².